The molecule has 0 radical (unpaired) electrons. The molecule has 1 saturated carbocycles. The van der Waals surface area contributed by atoms with Crippen molar-refractivity contribution >= 4 is 30.7 Å². The predicted molar refractivity (Wildman–Crippen MR) is 90.6 cm³/mol. The second kappa shape index (κ2) is 8.15. The van der Waals surface area contributed by atoms with Gasteiger partial charge in [0.05, 0.1) is 6.20 Å². The van der Waals surface area contributed by atoms with Crippen LogP contribution in [0.4, 0.5) is 0 Å². The number of nitrogens with one attached hydrogen (secondary N) is 2. The quantitative estimate of drug-likeness (QED) is 0.828. The summed E-state index contributed by atoms with van der Waals surface area (Å²) in [5.74, 6) is 0.0446. The first-order chi connectivity index (χ1) is 9.67. The summed E-state index contributed by atoms with van der Waals surface area (Å²) in [4.78, 5) is 14.9. The van der Waals surface area contributed by atoms with E-state index in [2.05, 4.69) is 20.6 Å². The van der Waals surface area contributed by atoms with Gasteiger partial charge in [0.25, 0.3) is 0 Å². The van der Waals surface area contributed by atoms with E-state index >= 15 is 0 Å². The molecule has 2 N–H and O–H groups in total. The Balaban J connectivity index is 0.00000121. The van der Waals surface area contributed by atoms with E-state index in [-0.39, 0.29) is 42.8 Å². The van der Waals surface area contributed by atoms with Crippen molar-refractivity contribution < 1.29 is 4.79 Å². The molecule has 2 aliphatic rings. The van der Waals surface area contributed by atoms with Crippen LogP contribution in [0, 0.1) is 0 Å². The molecule has 1 aromatic rings. The second-order valence-corrected chi connectivity index (χ2v) is 5.89. The van der Waals surface area contributed by atoms with Crippen LogP contribution < -0.4 is 10.6 Å². The summed E-state index contributed by atoms with van der Waals surface area (Å²) < 4.78 is 1.72. The van der Waals surface area contributed by atoms with Crippen LogP contribution in [0.3, 0.4) is 0 Å². The molecule has 0 aromatic carbocycles. The molecule has 0 bridgehead atoms. The van der Waals surface area contributed by atoms with E-state index in [0.29, 0.717) is 0 Å². The first-order valence-corrected chi connectivity index (χ1v) is 7.37. The Morgan fingerprint density at radius 1 is 1.36 bits per heavy atom. The number of rotatable bonds is 5. The molecule has 6 nitrogen and oxygen atoms in total. The Hall–Kier alpha value is -0.820. The molecular weight excluding hydrogens is 325 g/mol. The summed E-state index contributed by atoms with van der Waals surface area (Å²) in [6, 6.07) is 0.754. The third-order valence-electron chi connectivity index (χ3n) is 4.24. The molecule has 2 atom stereocenters. The van der Waals surface area contributed by atoms with Crippen molar-refractivity contribution in [2.24, 2.45) is 7.05 Å². The second-order valence-electron chi connectivity index (χ2n) is 5.89. The van der Waals surface area contributed by atoms with Gasteiger partial charge in [-0.1, -0.05) is 0 Å². The van der Waals surface area contributed by atoms with Gasteiger partial charge in [0, 0.05) is 44.0 Å². The van der Waals surface area contributed by atoms with E-state index in [1.807, 2.05) is 20.3 Å². The molecule has 22 heavy (non-hydrogen) atoms. The van der Waals surface area contributed by atoms with E-state index in [0.717, 1.165) is 31.1 Å². The van der Waals surface area contributed by atoms with Crippen LogP contribution in [-0.4, -0.2) is 52.8 Å². The summed E-state index contributed by atoms with van der Waals surface area (Å²) in [5.41, 5.74) is 0.907. The number of hydrogen-bond donors (Lipinski definition) is 2. The zero-order valence-electron chi connectivity index (χ0n) is 13.0. The van der Waals surface area contributed by atoms with Gasteiger partial charge in [0.15, 0.2) is 0 Å². The van der Waals surface area contributed by atoms with E-state index in [1.54, 1.807) is 10.9 Å². The number of carbonyl (C=O) groups is 1. The average molecular weight is 350 g/mol. The predicted octanol–water partition coefficient (Wildman–Crippen LogP) is 0.877. The fourth-order valence-electron chi connectivity index (χ4n) is 3.00. The van der Waals surface area contributed by atoms with Gasteiger partial charge in [0.1, 0.15) is 6.04 Å². The molecule has 1 aromatic heterocycles. The molecule has 1 aliphatic heterocycles. The van der Waals surface area contributed by atoms with Gasteiger partial charge in [-0.2, -0.15) is 5.10 Å². The third kappa shape index (κ3) is 4.35. The van der Waals surface area contributed by atoms with E-state index in [4.69, 9.17) is 0 Å². The van der Waals surface area contributed by atoms with E-state index in [1.165, 1.54) is 12.8 Å². The van der Waals surface area contributed by atoms with E-state index < -0.39 is 0 Å². The highest BCUT2D eigenvalue weighted by Gasteiger charge is 2.35. The number of likely N-dealkylation sites (tertiary alicyclic amines) is 1. The van der Waals surface area contributed by atoms with Crippen LogP contribution >= 0.6 is 24.8 Å². The Morgan fingerprint density at radius 2 is 2.09 bits per heavy atom. The van der Waals surface area contributed by atoms with Crippen molar-refractivity contribution in [3.8, 4) is 0 Å². The third-order valence-corrected chi connectivity index (χ3v) is 4.24. The van der Waals surface area contributed by atoms with Crippen molar-refractivity contribution in [2.45, 2.75) is 37.4 Å². The summed E-state index contributed by atoms with van der Waals surface area (Å²) in [5, 5.41) is 10.4. The molecule has 1 aliphatic carbocycles. The first kappa shape index (κ1) is 19.2. The summed E-state index contributed by atoms with van der Waals surface area (Å²) in [6.07, 6.45) is 7.34. The average Bonchev–Trinajstić information content (AvgIpc) is 3.03. The van der Waals surface area contributed by atoms with Gasteiger partial charge < -0.3 is 10.6 Å². The minimum absolute atomic E-state index is 0. The van der Waals surface area contributed by atoms with Gasteiger partial charge in [-0.05, 0) is 26.3 Å². The summed E-state index contributed by atoms with van der Waals surface area (Å²) in [6.45, 7) is 2.12. The largest absolute Gasteiger partial charge is 0.350 e. The van der Waals surface area contributed by atoms with Gasteiger partial charge in [0.2, 0.25) is 5.91 Å². The number of amides is 1. The van der Waals surface area contributed by atoms with Crippen molar-refractivity contribution in [3.05, 3.63) is 18.0 Å². The minimum Gasteiger partial charge on any atom is -0.350 e. The lowest BCUT2D eigenvalue weighted by molar-refractivity contribution is -0.123. The van der Waals surface area contributed by atoms with Gasteiger partial charge >= 0.3 is 0 Å². The van der Waals surface area contributed by atoms with Crippen LogP contribution in [0.1, 0.15) is 30.9 Å². The lowest BCUT2D eigenvalue weighted by atomic mass is 10.1. The number of hydrogen-bond acceptors (Lipinski definition) is 4. The lowest BCUT2D eigenvalue weighted by Gasteiger charge is -2.19. The van der Waals surface area contributed by atoms with Crippen molar-refractivity contribution in [2.75, 3.05) is 20.1 Å². The number of likely N-dealkylation sites (N-methyl/N-ethyl adjacent to an activating group) is 1. The highest BCUT2D eigenvalue weighted by Crippen LogP contribution is 2.29. The van der Waals surface area contributed by atoms with Crippen LogP contribution in [0.25, 0.3) is 0 Å². The number of nitrogens with zero attached hydrogens (tertiary/aromatic N) is 3. The normalized spacial score (nSPS) is 22.5. The van der Waals surface area contributed by atoms with Crippen molar-refractivity contribution in [3.63, 3.8) is 0 Å². The Kier molecular flexibility index (Phi) is 7.12. The van der Waals surface area contributed by atoms with Gasteiger partial charge in [-0.3, -0.25) is 14.4 Å². The molecule has 1 saturated heterocycles. The SMILES string of the molecule is CNC(C(=O)NC1CCN(C2CC2)C1)c1cnn(C)c1.Cl.Cl. The molecule has 1 amide bonds. The Morgan fingerprint density at radius 3 is 2.64 bits per heavy atom. The molecular formula is C14H25Cl2N5O. The number of halogens is 2. The van der Waals surface area contributed by atoms with Crippen molar-refractivity contribution in [1.82, 2.24) is 25.3 Å². The zero-order valence-corrected chi connectivity index (χ0v) is 14.6. The lowest BCUT2D eigenvalue weighted by Crippen LogP contribution is -2.43. The molecule has 2 heterocycles. The first-order valence-electron chi connectivity index (χ1n) is 7.37. The fraction of sp³-hybridized carbons (Fsp3) is 0.714. The van der Waals surface area contributed by atoms with Crippen LogP contribution in [0.15, 0.2) is 12.4 Å². The van der Waals surface area contributed by atoms with Gasteiger partial charge in [-0.25, -0.2) is 0 Å². The maximum absolute atomic E-state index is 12.4. The smallest absolute Gasteiger partial charge is 0.242 e. The number of carbonyl (C=O) groups excluding carboxylic acids is 1. The number of aromatic nitrogens is 2. The fourth-order valence-corrected chi connectivity index (χ4v) is 3.00. The topological polar surface area (TPSA) is 62.2 Å². The summed E-state index contributed by atoms with van der Waals surface area (Å²) in [7, 11) is 3.67. The number of aryl methyl sites for hydroxylation is 1. The van der Waals surface area contributed by atoms with Crippen LogP contribution in [0.2, 0.25) is 0 Å². The standard InChI is InChI=1S/C14H23N5O.2ClH/c1-15-13(10-7-16-18(2)8-10)14(20)17-11-5-6-19(9-11)12-3-4-12;;/h7-8,11-13,15H,3-6,9H2,1-2H3,(H,17,20);2*1H. The molecule has 3 rings (SSSR count). The maximum Gasteiger partial charge on any atom is 0.242 e. The Bertz CT molecular complexity index is 491. The molecule has 126 valence electrons. The van der Waals surface area contributed by atoms with Crippen LogP contribution in [-0.2, 0) is 11.8 Å². The maximum atomic E-state index is 12.4. The highest BCUT2D eigenvalue weighted by atomic mass is 35.5. The minimum atomic E-state index is -0.321. The highest BCUT2D eigenvalue weighted by molar-refractivity contribution is 5.85. The molecule has 8 heteroatoms. The van der Waals surface area contributed by atoms with Crippen LogP contribution in [0.5, 0.6) is 0 Å². The van der Waals surface area contributed by atoms with Gasteiger partial charge in [-0.15, -0.1) is 24.8 Å². The Labute approximate surface area is 143 Å². The van der Waals surface area contributed by atoms with E-state index in [9.17, 15) is 4.79 Å². The zero-order chi connectivity index (χ0) is 14.1. The monoisotopic (exact) mass is 349 g/mol. The summed E-state index contributed by atoms with van der Waals surface area (Å²) >= 11 is 0. The molecule has 2 unspecified atom stereocenters. The molecule has 0 spiro atoms. The van der Waals surface area contributed by atoms with Crippen molar-refractivity contribution in [1.29, 1.82) is 0 Å². The molecule has 2 fully saturated rings.